The highest BCUT2D eigenvalue weighted by atomic mass is 35.5. The maximum Gasteiger partial charge on any atom is 0.274 e. The van der Waals surface area contributed by atoms with Crippen LogP contribution in [0.4, 0.5) is 10.1 Å². The van der Waals surface area contributed by atoms with E-state index in [2.05, 4.69) is 15.3 Å². The summed E-state index contributed by atoms with van der Waals surface area (Å²) >= 11 is 5.91. The van der Waals surface area contributed by atoms with Crippen LogP contribution in [0.2, 0.25) is 5.02 Å². The molecule has 0 saturated carbocycles. The molecule has 1 amide bonds. The number of carbonyl (C=O) groups excluding carboxylic acids is 1. The van der Waals surface area contributed by atoms with Crippen molar-refractivity contribution in [3.05, 3.63) is 77.1 Å². The molecule has 0 fully saturated rings. The van der Waals surface area contributed by atoms with Crippen molar-refractivity contribution >= 4 is 23.2 Å². The number of nitrogens with one attached hydrogen (secondary N) is 1. The molecule has 6 heteroatoms. The number of hydrogen-bond acceptors (Lipinski definition) is 3. The van der Waals surface area contributed by atoms with Crippen LogP contribution < -0.4 is 5.32 Å². The van der Waals surface area contributed by atoms with Crippen LogP contribution >= 0.6 is 11.6 Å². The van der Waals surface area contributed by atoms with Crippen molar-refractivity contribution in [3.63, 3.8) is 0 Å². The summed E-state index contributed by atoms with van der Waals surface area (Å²) in [5.41, 5.74) is 2.70. The monoisotopic (exact) mass is 341 g/mol. The van der Waals surface area contributed by atoms with E-state index in [4.69, 9.17) is 11.6 Å². The first-order chi connectivity index (χ1) is 11.5. The van der Waals surface area contributed by atoms with Gasteiger partial charge in [-0.05, 0) is 48.9 Å². The number of halogens is 2. The fourth-order valence-electron chi connectivity index (χ4n) is 2.28. The molecule has 0 radical (unpaired) electrons. The third-order valence-corrected chi connectivity index (χ3v) is 3.54. The predicted octanol–water partition coefficient (Wildman–Crippen LogP) is 4.50. The number of rotatable bonds is 3. The van der Waals surface area contributed by atoms with Crippen molar-refractivity contribution in [2.24, 2.45) is 0 Å². The van der Waals surface area contributed by atoms with Gasteiger partial charge in [-0.1, -0.05) is 17.7 Å². The number of benzene rings is 1. The first-order valence-corrected chi connectivity index (χ1v) is 7.55. The van der Waals surface area contributed by atoms with Crippen LogP contribution in [0.15, 0.2) is 54.9 Å². The minimum absolute atomic E-state index is 0.231. The van der Waals surface area contributed by atoms with Gasteiger partial charge < -0.3 is 5.32 Å². The van der Waals surface area contributed by atoms with E-state index in [1.807, 2.05) is 0 Å². The average Bonchev–Trinajstić information content (AvgIpc) is 2.54. The quantitative estimate of drug-likeness (QED) is 0.763. The van der Waals surface area contributed by atoms with Gasteiger partial charge in [-0.25, -0.2) is 9.37 Å². The molecule has 0 atom stereocenters. The predicted molar refractivity (Wildman–Crippen MR) is 91.6 cm³/mol. The first-order valence-electron chi connectivity index (χ1n) is 7.18. The highest BCUT2D eigenvalue weighted by molar-refractivity contribution is 6.30. The van der Waals surface area contributed by atoms with Crippen molar-refractivity contribution in [1.29, 1.82) is 0 Å². The summed E-state index contributed by atoms with van der Waals surface area (Å²) in [5, 5.41) is 3.27. The molecule has 24 heavy (non-hydrogen) atoms. The molecule has 0 unspecified atom stereocenters. The molecule has 3 rings (SSSR count). The zero-order valence-corrected chi connectivity index (χ0v) is 13.5. The molecule has 0 aliphatic carbocycles. The average molecular weight is 342 g/mol. The number of nitrogens with zero attached hydrogens (tertiary/aromatic N) is 2. The van der Waals surface area contributed by atoms with Crippen LogP contribution in [-0.2, 0) is 0 Å². The Kier molecular flexibility index (Phi) is 4.53. The molecule has 4 nitrogen and oxygen atoms in total. The van der Waals surface area contributed by atoms with Gasteiger partial charge in [-0.2, -0.15) is 0 Å². The van der Waals surface area contributed by atoms with Gasteiger partial charge in [0.2, 0.25) is 0 Å². The molecule has 1 N–H and O–H groups in total. The van der Waals surface area contributed by atoms with E-state index in [1.54, 1.807) is 43.3 Å². The van der Waals surface area contributed by atoms with Crippen molar-refractivity contribution in [3.8, 4) is 11.1 Å². The summed E-state index contributed by atoms with van der Waals surface area (Å²) in [7, 11) is 0. The van der Waals surface area contributed by atoms with Gasteiger partial charge in [0.15, 0.2) is 0 Å². The lowest BCUT2D eigenvalue weighted by atomic mass is 10.1. The Morgan fingerprint density at radius 3 is 2.71 bits per heavy atom. The Balaban J connectivity index is 1.92. The maximum atomic E-state index is 13.4. The molecule has 120 valence electrons. The highest BCUT2D eigenvalue weighted by Gasteiger charge is 2.11. The summed E-state index contributed by atoms with van der Waals surface area (Å²) in [6.07, 6.45) is 2.67. The van der Waals surface area contributed by atoms with Gasteiger partial charge in [-0.15, -0.1) is 0 Å². The standard InChI is InChI=1S/C18H13ClFN3O/c1-11-5-12(13-6-15(20)10-21-9-13)7-17(22-11)18(24)23-16-4-2-3-14(19)8-16/h2-10H,1H3,(H,23,24). The van der Waals surface area contributed by atoms with E-state index in [1.165, 1.54) is 12.3 Å². The number of aryl methyl sites for hydroxylation is 1. The lowest BCUT2D eigenvalue weighted by Gasteiger charge is -2.08. The van der Waals surface area contributed by atoms with Gasteiger partial charge in [0.05, 0.1) is 6.20 Å². The molecular formula is C18H13ClFN3O. The van der Waals surface area contributed by atoms with E-state index in [0.717, 1.165) is 6.20 Å². The molecule has 2 aromatic heterocycles. The van der Waals surface area contributed by atoms with Crippen LogP contribution in [0.5, 0.6) is 0 Å². The van der Waals surface area contributed by atoms with Gasteiger partial charge in [-0.3, -0.25) is 9.78 Å². The second kappa shape index (κ2) is 6.76. The fraction of sp³-hybridized carbons (Fsp3) is 0.0556. The smallest absolute Gasteiger partial charge is 0.274 e. The van der Waals surface area contributed by atoms with Gasteiger partial charge in [0.25, 0.3) is 5.91 Å². The zero-order valence-electron chi connectivity index (χ0n) is 12.8. The Morgan fingerprint density at radius 2 is 1.96 bits per heavy atom. The Labute approximate surface area is 143 Å². The Hall–Kier alpha value is -2.79. The SMILES string of the molecule is Cc1cc(-c2cncc(F)c2)cc(C(=O)Nc2cccc(Cl)c2)n1. The number of carbonyl (C=O) groups is 1. The van der Waals surface area contributed by atoms with Gasteiger partial charge in [0, 0.05) is 28.2 Å². The zero-order chi connectivity index (χ0) is 17.1. The largest absolute Gasteiger partial charge is 0.321 e. The molecule has 0 aliphatic rings. The topological polar surface area (TPSA) is 54.9 Å². The Bertz CT molecular complexity index is 914. The van der Waals surface area contributed by atoms with E-state index in [0.29, 0.717) is 27.5 Å². The number of aromatic nitrogens is 2. The summed E-state index contributed by atoms with van der Waals surface area (Å²) < 4.78 is 13.4. The lowest BCUT2D eigenvalue weighted by molar-refractivity contribution is 0.102. The van der Waals surface area contributed by atoms with Crippen molar-refractivity contribution in [2.45, 2.75) is 6.92 Å². The second-order valence-corrected chi connectivity index (χ2v) is 5.68. The number of pyridine rings is 2. The van der Waals surface area contributed by atoms with E-state index in [9.17, 15) is 9.18 Å². The van der Waals surface area contributed by atoms with Gasteiger partial charge in [0.1, 0.15) is 11.5 Å². The number of amides is 1. The molecule has 3 aromatic rings. The molecule has 0 aliphatic heterocycles. The summed E-state index contributed by atoms with van der Waals surface area (Å²) in [6, 6.07) is 11.6. The van der Waals surface area contributed by atoms with Crippen molar-refractivity contribution in [1.82, 2.24) is 9.97 Å². The molecule has 2 heterocycles. The number of hydrogen-bond donors (Lipinski definition) is 1. The summed E-state index contributed by atoms with van der Waals surface area (Å²) in [6.45, 7) is 1.77. The third-order valence-electron chi connectivity index (χ3n) is 3.31. The third kappa shape index (κ3) is 3.75. The molecular weight excluding hydrogens is 329 g/mol. The van der Waals surface area contributed by atoms with E-state index in [-0.39, 0.29) is 11.6 Å². The van der Waals surface area contributed by atoms with Crippen molar-refractivity contribution < 1.29 is 9.18 Å². The molecule has 0 saturated heterocycles. The van der Waals surface area contributed by atoms with Crippen LogP contribution in [0.1, 0.15) is 16.2 Å². The maximum absolute atomic E-state index is 13.4. The fourth-order valence-corrected chi connectivity index (χ4v) is 2.47. The van der Waals surface area contributed by atoms with E-state index < -0.39 is 5.82 Å². The molecule has 1 aromatic carbocycles. The summed E-state index contributed by atoms with van der Waals surface area (Å²) in [5.74, 6) is -0.807. The van der Waals surface area contributed by atoms with Crippen LogP contribution in [0, 0.1) is 12.7 Å². The minimum Gasteiger partial charge on any atom is -0.321 e. The normalized spacial score (nSPS) is 10.5. The molecule has 0 bridgehead atoms. The second-order valence-electron chi connectivity index (χ2n) is 5.24. The first kappa shape index (κ1) is 16.1. The Morgan fingerprint density at radius 1 is 1.12 bits per heavy atom. The minimum atomic E-state index is -0.438. The van der Waals surface area contributed by atoms with Gasteiger partial charge >= 0.3 is 0 Å². The number of anilines is 1. The van der Waals surface area contributed by atoms with Crippen LogP contribution in [0.3, 0.4) is 0 Å². The van der Waals surface area contributed by atoms with Crippen LogP contribution in [-0.4, -0.2) is 15.9 Å². The van der Waals surface area contributed by atoms with E-state index >= 15 is 0 Å². The molecule has 0 spiro atoms. The van der Waals surface area contributed by atoms with Crippen molar-refractivity contribution in [2.75, 3.05) is 5.32 Å². The highest BCUT2D eigenvalue weighted by Crippen LogP contribution is 2.22. The lowest BCUT2D eigenvalue weighted by Crippen LogP contribution is -2.14. The summed E-state index contributed by atoms with van der Waals surface area (Å²) in [4.78, 5) is 20.5. The van der Waals surface area contributed by atoms with Crippen LogP contribution in [0.25, 0.3) is 11.1 Å².